The highest BCUT2D eigenvalue weighted by atomic mass is 32.1. The van der Waals surface area contributed by atoms with Crippen molar-refractivity contribution in [1.29, 1.82) is 0 Å². The van der Waals surface area contributed by atoms with Gasteiger partial charge in [-0.25, -0.2) is 0 Å². The van der Waals surface area contributed by atoms with Crippen molar-refractivity contribution in [3.8, 4) is 10.4 Å². The first-order valence-corrected chi connectivity index (χ1v) is 7.48. The first-order valence-electron chi connectivity index (χ1n) is 6.67. The zero-order chi connectivity index (χ0) is 14.5. The third-order valence-corrected chi connectivity index (χ3v) is 4.29. The number of hydrogen-bond acceptors (Lipinski definition) is 3. The van der Waals surface area contributed by atoms with E-state index in [0.717, 1.165) is 20.9 Å². The number of ether oxygens (including phenoxy) is 1. The monoisotopic (exact) mass is 289 g/mol. The Kier molecular flexibility index (Phi) is 4.93. The summed E-state index contributed by atoms with van der Waals surface area (Å²) in [6.07, 6.45) is 0.0674. The number of nitrogens with one attached hydrogen (secondary N) is 1. The van der Waals surface area contributed by atoms with Crippen molar-refractivity contribution in [2.75, 3.05) is 13.7 Å². The van der Waals surface area contributed by atoms with Crippen LogP contribution in [0.5, 0.6) is 0 Å². The molecular formula is C16H19NO2S. The fourth-order valence-electron chi connectivity index (χ4n) is 1.94. The van der Waals surface area contributed by atoms with Crippen LogP contribution in [-0.4, -0.2) is 19.6 Å². The average molecular weight is 289 g/mol. The Labute approximate surface area is 123 Å². The van der Waals surface area contributed by atoms with Gasteiger partial charge in [0.05, 0.1) is 11.0 Å². The van der Waals surface area contributed by atoms with Gasteiger partial charge in [0.25, 0.3) is 5.91 Å². The van der Waals surface area contributed by atoms with Crippen LogP contribution in [-0.2, 0) is 4.74 Å². The Hall–Kier alpha value is -1.65. The van der Waals surface area contributed by atoms with Gasteiger partial charge < -0.3 is 10.1 Å². The van der Waals surface area contributed by atoms with Crippen molar-refractivity contribution in [3.63, 3.8) is 0 Å². The second kappa shape index (κ2) is 6.68. The first kappa shape index (κ1) is 14.8. The molecule has 1 aromatic carbocycles. The Balaban J connectivity index is 2.26. The minimum absolute atomic E-state index is 0.00911. The number of hydrogen-bond donors (Lipinski definition) is 1. The molecule has 0 aliphatic carbocycles. The molecule has 0 spiro atoms. The van der Waals surface area contributed by atoms with E-state index in [0.29, 0.717) is 6.54 Å². The second-order valence-corrected chi connectivity index (χ2v) is 5.61. The molecule has 106 valence electrons. The smallest absolute Gasteiger partial charge is 0.261 e. The zero-order valence-electron chi connectivity index (χ0n) is 12.0. The van der Waals surface area contributed by atoms with Crippen molar-refractivity contribution in [3.05, 3.63) is 46.8 Å². The molecule has 0 aliphatic rings. The standard InChI is InChI=1S/C16H19NO2S/c1-4-17-16(18)15-9-8-14(20-15)13-7-5-6-12(10-13)11(2)19-3/h5-11H,4H2,1-3H3,(H,17,18)/t11-/m0/s1. The molecule has 1 aromatic heterocycles. The molecule has 0 fully saturated rings. The third-order valence-electron chi connectivity index (χ3n) is 3.16. The lowest BCUT2D eigenvalue weighted by molar-refractivity contribution is 0.0960. The fourth-order valence-corrected chi connectivity index (χ4v) is 2.86. The summed E-state index contributed by atoms with van der Waals surface area (Å²) in [5, 5.41) is 2.82. The molecule has 2 aromatic rings. The molecule has 0 saturated carbocycles. The Morgan fingerprint density at radius 1 is 1.35 bits per heavy atom. The summed E-state index contributed by atoms with van der Waals surface area (Å²) in [4.78, 5) is 13.6. The van der Waals surface area contributed by atoms with Crippen molar-refractivity contribution in [2.45, 2.75) is 20.0 Å². The maximum atomic E-state index is 11.8. The van der Waals surface area contributed by atoms with Gasteiger partial charge in [0.2, 0.25) is 0 Å². The molecular weight excluding hydrogens is 270 g/mol. The van der Waals surface area contributed by atoms with E-state index in [4.69, 9.17) is 4.74 Å². The largest absolute Gasteiger partial charge is 0.377 e. The summed E-state index contributed by atoms with van der Waals surface area (Å²) >= 11 is 1.51. The Morgan fingerprint density at radius 3 is 2.85 bits per heavy atom. The molecule has 1 heterocycles. The van der Waals surface area contributed by atoms with Crippen molar-refractivity contribution in [1.82, 2.24) is 5.32 Å². The number of methoxy groups -OCH3 is 1. The van der Waals surface area contributed by atoms with E-state index in [9.17, 15) is 4.79 Å². The average Bonchev–Trinajstić information content (AvgIpc) is 2.97. The van der Waals surface area contributed by atoms with Gasteiger partial charge in [-0.1, -0.05) is 18.2 Å². The summed E-state index contributed by atoms with van der Waals surface area (Å²) in [5.74, 6) is -0.00911. The Morgan fingerprint density at radius 2 is 2.15 bits per heavy atom. The fraction of sp³-hybridized carbons (Fsp3) is 0.312. The summed E-state index contributed by atoms with van der Waals surface area (Å²) < 4.78 is 5.34. The van der Waals surface area contributed by atoms with Gasteiger partial charge in [-0.3, -0.25) is 4.79 Å². The van der Waals surface area contributed by atoms with Gasteiger partial charge in [0, 0.05) is 18.5 Å². The number of carbonyl (C=O) groups excluding carboxylic acids is 1. The van der Waals surface area contributed by atoms with Crippen LogP contribution in [0.3, 0.4) is 0 Å². The van der Waals surface area contributed by atoms with Crippen LogP contribution in [0.15, 0.2) is 36.4 Å². The molecule has 2 rings (SSSR count). The van der Waals surface area contributed by atoms with Gasteiger partial charge in [-0.15, -0.1) is 11.3 Å². The quantitative estimate of drug-likeness (QED) is 0.907. The number of carbonyl (C=O) groups is 1. The highest BCUT2D eigenvalue weighted by Crippen LogP contribution is 2.30. The van der Waals surface area contributed by atoms with Crippen LogP contribution in [0.1, 0.15) is 35.2 Å². The summed E-state index contributed by atoms with van der Waals surface area (Å²) in [6, 6.07) is 12.1. The molecule has 20 heavy (non-hydrogen) atoms. The van der Waals surface area contributed by atoms with Gasteiger partial charge in [0.15, 0.2) is 0 Å². The highest BCUT2D eigenvalue weighted by Gasteiger charge is 2.10. The molecule has 1 N–H and O–H groups in total. The topological polar surface area (TPSA) is 38.3 Å². The molecule has 0 radical (unpaired) electrons. The summed E-state index contributed by atoms with van der Waals surface area (Å²) in [6.45, 7) is 4.59. The van der Waals surface area contributed by atoms with Crippen molar-refractivity contribution in [2.24, 2.45) is 0 Å². The van der Waals surface area contributed by atoms with Gasteiger partial charge in [-0.05, 0) is 43.2 Å². The summed E-state index contributed by atoms with van der Waals surface area (Å²) in [5.41, 5.74) is 2.25. The van der Waals surface area contributed by atoms with Crippen LogP contribution in [0, 0.1) is 0 Å². The van der Waals surface area contributed by atoms with E-state index in [1.54, 1.807) is 7.11 Å². The normalized spacial score (nSPS) is 12.2. The van der Waals surface area contributed by atoms with E-state index >= 15 is 0 Å². The predicted octanol–water partition coefficient (Wildman–Crippen LogP) is 3.87. The van der Waals surface area contributed by atoms with E-state index in [1.165, 1.54) is 11.3 Å². The molecule has 0 aliphatic heterocycles. The lowest BCUT2D eigenvalue weighted by Gasteiger charge is -2.10. The maximum Gasteiger partial charge on any atom is 0.261 e. The third kappa shape index (κ3) is 3.26. The minimum atomic E-state index is -0.00911. The van der Waals surface area contributed by atoms with E-state index in [-0.39, 0.29) is 12.0 Å². The van der Waals surface area contributed by atoms with Gasteiger partial charge >= 0.3 is 0 Å². The minimum Gasteiger partial charge on any atom is -0.377 e. The number of thiophene rings is 1. The molecule has 0 saturated heterocycles. The lowest BCUT2D eigenvalue weighted by Crippen LogP contribution is -2.21. The van der Waals surface area contributed by atoms with E-state index in [1.807, 2.05) is 32.0 Å². The van der Waals surface area contributed by atoms with Crippen LogP contribution in [0.25, 0.3) is 10.4 Å². The number of benzene rings is 1. The SMILES string of the molecule is CCNC(=O)c1ccc(-c2cccc([C@H](C)OC)c2)s1. The molecule has 4 heteroatoms. The van der Waals surface area contributed by atoms with Crippen LogP contribution in [0.2, 0.25) is 0 Å². The maximum absolute atomic E-state index is 11.8. The Bertz CT molecular complexity index is 592. The zero-order valence-corrected chi connectivity index (χ0v) is 12.8. The van der Waals surface area contributed by atoms with E-state index in [2.05, 4.69) is 23.5 Å². The van der Waals surface area contributed by atoms with Crippen LogP contribution >= 0.6 is 11.3 Å². The number of rotatable bonds is 5. The molecule has 1 amide bonds. The van der Waals surface area contributed by atoms with Crippen LogP contribution in [0.4, 0.5) is 0 Å². The predicted molar refractivity (Wildman–Crippen MR) is 83.2 cm³/mol. The lowest BCUT2D eigenvalue weighted by atomic mass is 10.1. The van der Waals surface area contributed by atoms with Crippen molar-refractivity contribution < 1.29 is 9.53 Å². The highest BCUT2D eigenvalue weighted by molar-refractivity contribution is 7.17. The number of amides is 1. The van der Waals surface area contributed by atoms with Crippen molar-refractivity contribution >= 4 is 17.2 Å². The molecule has 0 bridgehead atoms. The molecule has 0 unspecified atom stereocenters. The van der Waals surface area contributed by atoms with Gasteiger partial charge in [0.1, 0.15) is 0 Å². The second-order valence-electron chi connectivity index (χ2n) is 4.53. The van der Waals surface area contributed by atoms with Crippen LogP contribution < -0.4 is 5.32 Å². The first-order chi connectivity index (χ1) is 9.65. The molecule has 3 nitrogen and oxygen atoms in total. The molecule has 1 atom stereocenters. The summed E-state index contributed by atoms with van der Waals surface area (Å²) in [7, 11) is 1.70. The van der Waals surface area contributed by atoms with E-state index < -0.39 is 0 Å². The van der Waals surface area contributed by atoms with Gasteiger partial charge in [-0.2, -0.15) is 0 Å².